The molecule has 5 aromatic carbocycles. The van der Waals surface area contributed by atoms with E-state index in [9.17, 15) is 0 Å². The van der Waals surface area contributed by atoms with Crippen LogP contribution in [0.25, 0.3) is 80.4 Å². The highest BCUT2D eigenvalue weighted by molar-refractivity contribution is 7.25. The Morgan fingerprint density at radius 3 is 2.26 bits per heavy atom. The lowest BCUT2D eigenvalue weighted by atomic mass is 9.98. The van der Waals surface area contributed by atoms with Gasteiger partial charge in [-0.15, -0.1) is 11.3 Å². The van der Waals surface area contributed by atoms with Crippen molar-refractivity contribution in [2.24, 2.45) is 0 Å². The largest absolute Gasteiger partial charge is 0.456 e. The Balaban J connectivity index is 1.17. The average Bonchev–Trinajstić information content (AvgIpc) is 3.78. The lowest BCUT2D eigenvalue weighted by Gasteiger charge is -2.33. The van der Waals surface area contributed by atoms with Gasteiger partial charge in [-0.3, -0.25) is 4.40 Å². The molecule has 202 valence electrons. The van der Waals surface area contributed by atoms with Crippen LogP contribution < -0.4 is 10.6 Å². The zero-order valence-electron chi connectivity index (χ0n) is 22.9. The number of para-hydroxylation sites is 1. The lowest BCUT2D eigenvalue weighted by molar-refractivity contribution is 0.670. The van der Waals surface area contributed by atoms with Crippen molar-refractivity contribution in [2.75, 3.05) is 10.6 Å². The van der Waals surface area contributed by atoms with E-state index in [1.54, 1.807) is 0 Å². The van der Waals surface area contributed by atoms with Crippen molar-refractivity contribution >= 4 is 92.1 Å². The predicted molar refractivity (Wildman–Crippen MR) is 182 cm³/mol. The van der Waals surface area contributed by atoms with Crippen molar-refractivity contribution < 1.29 is 4.42 Å². The van der Waals surface area contributed by atoms with Gasteiger partial charge in [0.25, 0.3) is 0 Å². The Bertz CT molecular complexity index is 2700. The molecule has 9 aromatic rings. The molecule has 2 unspecified atom stereocenters. The summed E-state index contributed by atoms with van der Waals surface area (Å²) in [5.74, 6) is 1.12. The molecule has 0 saturated carbocycles. The molecule has 5 heteroatoms. The lowest BCUT2D eigenvalue weighted by Crippen LogP contribution is -2.41. The first-order valence-corrected chi connectivity index (χ1v) is 15.6. The molecule has 2 N–H and O–H groups in total. The smallest absolute Gasteiger partial charge is 0.136 e. The third-order valence-electron chi connectivity index (χ3n) is 9.56. The van der Waals surface area contributed by atoms with Crippen LogP contribution in [0.1, 0.15) is 0 Å². The van der Waals surface area contributed by atoms with E-state index >= 15 is 0 Å². The van der Waals surface area contributed by atoms with Crippen molar-refractivity contribution in [3.8, 4) is 11.1 Å². The zero-order chi connectivity index (χ0) is 27.8. The van der Waals surface area contributed by atoms with Crippen molar-refractivity contribution in [3.05, 3.63) is 115 Å². The highest BCUT2D eigenvalue weighted by Gasteiger charge is 2.32. The standard InChI is InChI=1S/C38H23N3OS/c1-5-11-29-24(8-1)35-34-25-16-14-20(21-13-15-23-22-7-2-6-12-32(22)43-33(23)18-21)17-30(25)42-31(34)19-26-36-38(41(29)37(26)35)40-28-10-4-3-9-27(28)39-36/h1-19,27-28,39-40H. The maximum atomic E-state index is 6.73. The minimum atomic E-state index is 0.210. The van der Waals surface area contributed by atoms with Crippen LogP contribution in [-0.2, 0) is 0 Å². The average molecular weight is 570 g/mol. The summed E-state index contributed by atoms with van der Waals surface area (Å²) in [6, 6.07) is 33.6. The highest BCUT2D eigenvalue weighted by Crippen LogP contribution is 2.50. The van der Waals surface area contributed by atoms with Crippen LogP contribution in [-0.4, -0.2) is 16.5 Å². The molecule has 4 nitrogen and oxygen atoms in total. The normalized spacial score (nSPS) is 18.0. The molecule has 1 aliphatic carbocycles. The molecule has 0 amide bonds. The maximum absolute atomic E-state index is 6.73. The number of benzene rings is 5. The number of furan rings is 1. The second-order valence-corrected chi connectivity index (χ2v) is 12.9. The number of nitrogens with one attached hydrogen (secondary N) is 2. The molecule has 11 rings (SSSR count). The summed E-state index contributed by atoms with van der Waals surface area (Å²) in [7, 11) is 0. The third-order valence-corrected chi connectivity index (χ3v) is 10.7. The van der Waals surface area contributed by atoms with Crippen molar-refractivity contribution in [2.45, 2.75) is 12.1 Å². The van der Waals surface area contributed by atoms with Crippen molar-refractivity contribution in [3.63, 3.8) is 0 Å². The molecule has 0 radical (unpaired) electrons. The number of hydrogen-bond donors (Lipinski definition) is 2. The van der Waals surface area contributed by atoms with Gasteiger partial charge in [0.1, 0.15) is 17.0 Å². The summed E-state index contributed by atoms with van der Waals surface area (Å²) < 4.78 is 11.8. The van der Waals surface area contributed by atoms with Crippen LogP contribution in [0.3, 0.4) is 0 Å². The van der Waals surface area contributed by atoms with Gasteiger partial charge in [0.05, 0.1) is 28.8 Å². The van der Waals surface area contributed by atoms with E-state index in [2.05, 4.69) is 130 Å². The van der Waals surface area contributed by atoms with Gasteiger partial charge in [-0.05, 0) is 47.5 Å². The number of hydrogen-bond acceptors (Lipinski definition) is 4. The second-order valence-electron chi connectivity index (χ2n) is 11.8. The number of aromatic nitrogens is 1. The summed E-state index contributed by atoms with van der Waals surface area (Å²) >= 11 is 1.86. The van der Waals surface area contributed by atoms with Gasteiger partial charge >= 0.3 is 0 Å². The fourth-order valence-corrected chi connectivity index (χ4v) is 8.81. The van der Waals surface area contributed by atoms with Crippen LogP contribution in [0, 0.1) is 0 Å². The topological polar surface area (TPSA) is 41.6 Å². The van der Waals surface area contributed by atoms with Gasteiger partial charge in [0.15, 0.2) is 0 Å². The van der Waals surface area contributed by atoms with E-state index < -0.39 is 0 Å². The monoisotopic (exact) mass is 569 g/mol. The third kappa shape index (κ3) is 2.80. The van der Waals surface area contributed by atoms with Gasteiger partial charge in [-0.1, -0.05) is 78.9 Å². The minimum Gasteiger partial charge on any atom is -0.456 e. The number of thiophene rings is 1. The molecular weight excluding hydrogens is 547 g/mol. The molecule has 5 heterocycles. The summed E-state index contributed by atoms with van der Waals surface area (Å²) in [6.45, 7) is 0. The van der Waals surface area contributed by atoms with E-state index in [0.29, 0.717) is 0 Å². The van der Waals surface area contributed by atoms with Crippen LogP contribution in [0.4, 0.5) is 11.5 Å². The summed E-state index contributed by atoms with van der Waals surface area (Å²) in [5, 5.41) is 16.4. The van der Waals surface area contributed by atoms with E-state index in [0.717, 1.165) is 28.1 Å². The Morgan fingerprint density at radius 1 is 0.605 bits per heavy atom. The SMILES string of the molecule is C1=CC2Nc3c(n4c5ccccc5c5c6c(cc3c54)oc3cc(-c4ccc5c(c4)sc4ccccc45)ccc36)NC2C=C1. The summed E-state index contributed by atoms with van der Waals surface area (Å²) in [5.41, 5.74) is 7.82. The maximum Gasteiger partial charge on any atom is 0.136 e. The Morgan fingerprint density at radius 2 is 1.35 bits per heavy atom. The molecule has 0 bridgehead atoms. The molecule has 0 spiro atoms. The fourth-order valence-electron chi connectivity index (χ4n) is 7.66. The molecule has 4 aromatic heterocycles. The molecule has 2 atom stereocenters. The predicted octanol–water partition coefficient (Wildman–Crippen LogP) is 10.3. The van der Waals surface area contributed by atoms with Crippen LogP contribution in [0.2, 0.25) is 0 Å². The number of rotatable bonds is 1. The first kappa shape index (κ1) is 22.4. The van der Waals surface area contributed by atoms with E-state index in [4.69, 9.17) is 4.42 Å². The fraction of sp³-hybridized carbons (Fsp3) is 0.0526. The quantitative estimate of drug-likeness (QED) is 0.207. The van der Waals surface area contributed by atoms with E-state index in [-0.39, 0.29) is 12.1 Å². The molecule has 0 fully saturated rings. The van der Waals surface area contributed by atoms with Crippen LogP contribution in [0.15, 0.2) is 120 Å². The summed E-state index contributed by atoms with van der Waals surface area (Å²) in [6.07, 6.45) is 8.73. The number of nitrogens with zero attached hydrogens (tertiary/aromatic N) is 1. The van der Waals surface area contributed by atoms with Gasteiger partial charge in [-0.2, -0.15) is 0 Å². The van der Waals surface area contributed by atoms with Crippen molar-refractivity contribution in [1.82, 2.24) is 4.40 Å². The van der Waals surface area contributed by atoms with E-state index in [1.807, 2.05) is 11.3 Å². The van der Waals surface area contributed by atoms with Crippen LogP contribution in [0.5, 0.6) is 0 Å². The minimum absolute atomic E-state index is 0.210. The summed E-state index contributed by atoms with van der Waals surface area (Å²) in [4.78, 5) is 0. The molecular formula is C38H23N3OS. The van der Waals surface area contributed by atoms with Gasteiger partial charge in [-0.25, -0.2) is 0 Å². The van der Waals surface area contributed by atoms with Crippen molar-refractivity contribution in [1.29, 1.82) is 0 Å². The van der Waals surface area contributed by atoms with Gasteiger partial charge < -0.3 is 15.1 Å². The number of allylic oxidation sites excluding steroid dienone is 2. The van der Waals surface area contributed by atoms with Gasteiger partial charge in [0, 0.05) is 47.1 Å². The number of anilines is 2. The second kappa shape index (κ2) is 7.77. The molecule has 1 aliphatic heterocycles. The molecule has 2 aliphatic rings. The van der Waals surface area contributed by atoms with Crippen LogP contribution >= 0.6 is 11.3 Å². The molecule has 0 saturated heterocycles. The first-order chi connectivity index (χ1) is 21.3. The zero-order valence-corrected chi connectivity index (χ0v) is 23.7. The number of fused-ring (bicyclic) bond motifs is 14. The Labute approximate surface area is 249 Å². The van der Waals surface area contributed by atoms with Gasteiger partial charge in [0.2, 0.25) is 0 Å². The highest BCUT2D eigenvalue weighted by atomic mass is 32.1. The first-order valence-electron chi connectivity index (χ1n) is 14.8. The molecule has 43 heavy (non-hydrogen) atoms. The Kier molecular flexibility index (Phi) is 4.04. The Hall–Kier alpha value is -5.26. The van der Waals surface area contributed by atoms with E-state index in [1.165, 1.54) is 63.9 Å².